The molecule has 1 atom stereocenters. The number of aromatic nitrogens is 3. The van der Waals surface area contributed by atoms with Gasteiger partial charge >= 0.3 is 0 Å². The Balaban J connectivity index is 1.79. The summed E-state index contributed by atoms with van der Waals surface area (Å²) in [5.41, 5.74) is 2.01. The zero-order chi connectivity index (χ0) is 23.0. The lowest BCUT2D eigenvalue weighted by molar-refractivity contribution is 0.0687. The number of nitrogens with one attached hydrogen (secondary N) is 1. The smallest absolute Gasteiger partial charge is 0.159 e. The molecule has 0 aliphatic carbocycles. The number of hydrogen-bond acceptors (Lipinski definition) is 5. The van der Waals surface area contributed by atoms with Gasteiger partial charge in [0.2, 0.25) is 0 Å². The van der Waals surface area contributed by atoms with Crippen molar-refractivity contribution < 1.29 is 9.50 Å². The second-order valence-corrected chi connectivity index (χ2v) is 8.89. The van der Waals surface area contributed by atoms with Crippen LogP contribution in [0.25, 0.3) is 22.0 Å². The quantitative estimate of drug-likeness (QED) is 0.346. The van der Waals surface area contributed by atoms with Crippen molar-refractivity contribution in [1.82, 2.24) is 15.0 Å². The summed E-state index contributed by atoms with van der Waals surface area (Å²) in [6.45, 7) is 5.10. The predicted molar refractivity (Wildman–Crippen MR) is 126 cm³/mol. The number of anilines is 1. The monoisotopic (exact) mass is 470 g/mol. The van der Waals surface area contributed by atoms with Crippen LogP contribution in [-0.2, 0) is 5.60 Å². The van der Waals surface area contributed by atoms with Gasteiger partial charge in [0.25, 0.3) is 0 Å². The van der Waals surface area contributed by atoms with Crippen molar-refractivity contribution in [3.8, 4) is 11.1 Å². The van der Waals surface area contributed by atoms with Crippen LogP contribution in [0.5, 0.6) is 0 Å². The summed E-state index contributed by atoms with van der Waals surface area (Å²) in [5, 5.41) is 15.0. The zero-order valence-electron chi connectivity index (χ0n) is 17.7. The molecule has 4 aromatic rings. The highest BCUT2D eigenvalue weighted by Gasteiger charge is 2.20. The molecule has 0 aliphatic heterocycles. The summed E-state index contributed by atoms with van der Waals surface area (Å²) >= 11 is 13.0. The molecule has 8 heteroatoms. The highest BCUT2D eigenvalue weighted by atomic mass is 35.5. The van der Waals surface area contributed by atoms with E-state index in [4.69, 9.17) is 23.2 Å². The molecular weight excluding hydrogens is 450 g/mol. The molecule has 1 unspecified atom stereocenters. The molecule has 2 N–H and O–H groups in total. The third kappa shape index (κ3) is 4.39. The molecular formula is C24H21Cl2FN4O. The van der Waals surface area contributed by atoms with E-state index in [1.54, 1.807) is 50.5 Å². The molecule has 0 fully saturated rings. The van der Waals surface area contributed by atoms with Crippen molar-refractivity contribution in [3.63, 3.8) is 0 Å². The molecule has 164 valence electrons. The lowest BCUT2D eigenvalue weighted by Gasteiger charge is -2.19. The first-order valence-electron chi connectivity index (χ1n) is 9.99. The van der Waals surface area contributed by atoms with Gasteiger partial charge in [-0.25, -0.2) is 14.4 Å². The molecule has 5 nitrogen and oxygen atoms in total. The fraction of sp³-hybridized carbons (Fsp3) is 0.208. The molecule has 0 amide bonds. The van der Waals surface area contributed by atoms with Gasteiger partial charge in [0.15, 0.2) is 5.82 Å². The maximum absolute atomic E-state index is 14.3. The van der Waals surface area contributed by atoms with Crippen LogP contribution in [0.15, 0.2) is 55.0 Å². The first kappa shape index (κ1) is 22.4. The Morgan fingerprint density at radius 3 is 2.34 bits per heavy atom. The fourth-order valence-corrected chi connectivity index (χ4v) is 3.93. The molecule has 2 heterocycles. The minimum atomic E-state index is -1.15. The molecule has 4 rings (SSSR count). The maximum atomic E-state index is 14.3. The Hall–Kier alpha value is -2.80. The lowest BCUT2D eigenvalue weighted by atomic mass is 10.0. The van der Waals surface area contributed by atoms with Crippen LogP contribution in [0, 0.1) is 5.82 Å². The Bertz CT molecular complexity index is 1290. The van der Waals surface area contributed by atoms with Gasteiger partial charge in [0.05, 0.1) is 27.3 Å². The number of nitrogens with zero attached hydrogens (tertiary/aromatic N) is 3. The van der Waals surface area contributed by atoms with Gasteiger partial charge in [-0.1, -0.05) is 41.4 Å². The van der Waals surface area contributed by atoms with Crippen LogP contribution in [0.4, 0.5) is 10.1 Å². The van der Waals surface area contributed by atoms with E-state index >= 15 is 0 Å². The van der Waals surface area contributed by atoms with Gasteiger partial charge in [-0.05, 0) is 39.0 Å². The molecule has 0 bridgehead atoms. The van der Waals surface area contributed by atoms with Crippen LogP contribution in [0.2, 0.25) is 10.0 Å². The molecule has 0 aliphatic rings. The number of aliphatic hydroxyl groups is 1. The van der Waals surface area contributed by atoms with Crippen LogP contribution >= 0.6 is 23.2 Å². The van der Waals surface area contributed by atoms with E-state index < -0.39 is 5.60 Å². The number of rotatable bonds is 5. The Labute approximate surface area is 195 Å². The minimum absolute atomic E-state index is 0.297. The molecule has 32 heavy (non-hydrogen) atoms. The van der Waals surface area contributed by atoms with Gasteiger partial charge in [0, 0.05) is 40.7 Å². The summed E-state index contributed by atoms with van der Waals surface area (Å²) < 4.78 is 14.3. The fourth-order valence-electron chi connectivity index (χ4n) is 3.46. The molecule has 0 radical (unpaired) electrons. The van der Waals surface area contributed by atoms with E-state index in [0.29, 0.717) is 43.8 Å². The van der Waals surface area contributed by atoms with Gasteiger partial charge in [-0.2, -0.15) is 0 Å². The average Bonchev–Trinajstić information content (AvgIpc) is 2.75. The van der Waals surface area contributed by atoms with Crippen molar-refractivity contribution in [2.45, 2.75) is 32.4 Å². The predicted octanol–water partition coefficient (Wildman–Crippen LogP) is 6.54. The van der Waals surface area contributed by atoms with Gasteiger partial charge < -0.3 is 10.4 Å². The number of benzene rings is 2. The second-order valence-electron chi connectivity index (χ2n) is 8.07. The molecule has 2 aromatic carbocycles. The topological polar surface area (TPSA) is 70.9 Å². The summed E-state index contributed by atoms with van der Waals surface area (Å²) in [4.78, 5) is 12.9. The number of halogens is 3. The first-order valence-corrected chi connectivity index (χ1v) is 10.7. The van der Waals surface area contributed by atoms with Gasteiger partial charge in [0.1, 0.15) is 11.4 Å². The van der Waals surface area contributed by atoms with Gasteiger partial charge in [-0.3, -0.25) is 4.98 Å². The Morgan fingerprint density at radius 2 is 1.69 bits per heavy atom. The molecule has 0 saturated carbocycles. The highest BCUT2D eigenvalue weighted by molar-refractivity contribution is 6.36. The normalized spacial score (nSPS) is 12.7. The van der Waals surface area contributed by atoms with Crippen molar-refractivity contribution in [1.29, 1.82) is 0 Å². The van der Waals surface area contributed by atoms with E-state index in [0.717, 1.165) is 5.39 Å². The van der Waals surface area contributed by atoms with Crippen LogP contribution in [0.3, 0.4) is 0 Å². The summed E-state index contributed by atoms with van der Waals surface area (Å²) in [5.74, 6) is 0.0127. The summed E-state index contributed by atoms with van der Waals surface area (Å²) in [6.07, 6.45) is 4.76. The third-order valence-corrected chi connectivity index (χ3v) is 5.75. The van der Waals surface area contributed by atoms with Crippen molar-refractivity contribution in [2.24, 2.45) is 0 Å². The van der Waals surface area contributed by atoms with Crippen LogP contribution in [-0.4, -0.2) is 20.1 Å². The Morgan fingerprint density at radius 1 is 1.00 bits per heavy atom. The van der Waals surface area contributed by atoms with Crippen molar-refractivity contribution in [3.05, 3.63) is 82.2 Å². The highest BCUT2D eigenvalue weighted by Crippen LogP contribution is 2.38. The number of pyridine rings is 1. The summed E-state index contributed by atoms with van der Waals surface area (Å²) in [6, 6.07) is 9.86. The van der Waals surface area contributed by atoms with Crippen LogP contribution < -0.4 is 5.32 Å². The maximum Gasteiger partial charge on any atom is 0.159 e. The number of hydrogen-bond donors (Lipinski definition) is 2. The number of fused-ring (bicyclic) bond motifs is 1. The van der Waals surface area contributed by atoms with Crippen molar-refractivity contribution >= 4 is 39.8 Å². The van der Waals surface area contributed by atoms with E-state index in [1.165, 1.54) is 12.3 Å². The average molecular weight is 471 g/mol. The lowest BCUT2D eigenvalue weighted by Crippen LogP contribution is -2.19. The molecule has 2 aromatic heterocycles. The SMILES string of the molecule is CC(Nc1c(Cl)cnc2cc(Cl)c(-c3cnc(C(C)(C)O)nc3)cc12)c1ccccc1F. The van der Waals surface area contributed by atoms with Crippen molar-refractivity contribution in [2.75, 3.05) is 5.32 Å². The Kier molecular flexibility index (Phi) is 6.03. The molecule has 0 spiro atoms. The van der Waals surface area contributed by atoms with E-state index in [1.807, 2.05) is 13.0 Å². The third-order valence-electron chi connectivity index (χ3n) is 5.15. The second kappa shape index (κ2) is 8.62. The van der Waals surface area contributed by atoms with Crippen LogP contribution in [0.1, 0.15) is 38.2 Å². The van der Waals surface area contributed by atoms with Gasteiger partial charge in [-0.15, -0.1) is 0 Å². The summed E-state index contributed by atoms with van der Waals surface area (Å²) in [7, 11) is 0. The van der Waals surface area contributed by atoms with E-state index in [2.05, 4.69) is 20.3 Å². The largest absolute Gasteiger partial charge is 0.382 e. The standard InChI is InChI=1S/C24H21Cl2FN4O/c1-13(15-6-4-5-7-20(15)27)31-22-17-8-16(18(25)9-21(17)28-12-19(22)26)14-10-29-23(30-11-14)24(2,3)32/h4-13,32H,1-3H3,(H,28,31). The first-order chi connectivity index (χ1) is 15.1. The zero-order valence-corrected chi connectivity index (χ0v) is 19.2. The molecule has 0 saturated heterocycles. The van der Waals surface area contributed by atoms with E-state index in [9.17, 15) is 9.50 Å². The minimum Gasteiger partial charge on any atom is -0.382 e. The van der Waals surface area contributed by atoms with E-state index in [-0.39, 0.29) is 11.9 Å².